The Kier molecular flexibility index (Phi) is 3.70. The van der Waals surface area contributed by atoms with Gasteiger partial charge in [0.2, 0.25) is 10.0 Å². The third kappa shape index (κ3) is 2.93. The summed E-state index contributed by atoms with van der Waals surface area (Å²) in [5, 5.41) is 0. The lowest BCUT2D eigenvalue weighted by molar-refractivity contribution is 0.316. The van der Waals surface area contributed by atoms with Crippen LogP contribution < -0.4 is 5.73 Å². The van der Waals surface area contributed by atoms with Crippen molar-refractivity contribution < 1.29 is 8.42 Å². The zero-order valence-electron chi connectivity index (χ0n) is 8.07. The number of piperidine rings is 1. The van der Waals surface area contributed by atoms with Gasteiger partial charge in [-0.2, -0.15) is 0 Å². The second kappa shape index (κ2) is 4.39. The Morgan fingerprint density at radius 2 is 2.23 bits per heavy atom. The molecule has 1 rings (SSSR count). The molecule has 0 bridgehead atoms. The minimum absolute atomic E-state index is 0.0281. The van der Waals surface area contributed by atoms with E-state index < -0.39 is 10.0 Å². The molecule has 1 atom stereocenters. The van der Waals surface area contributed by atoms with Crippen LogP contribution >= 0.6 is 0 Å². The maximum atomic E-state index is 11.6. The third-order valence-electron chi connectivity index (χ3n) is 2.28. The molecule has 5 heteroatoms. The molecule has 1 unspecified atom stereocenters. The van der Waals surface area contributed by atoms with Crippen molar-refractivity contribution in [2.45, 2.75) is 32.2 Å². The fraction of sp³-hybridized carbons (Fsp3) is 1.00. The van der Waals surface area contributed by atoms with Gasteiger partial charge in [0, 0.05) is 19.1 Å². The molecule has 0 saturated carbocycles. The predicted molar refractivity (Wildman–Crippen MR) is 52.9 cm³/mol. The van der Waals surface area contributed by atoms with Crippen LogP contribution in [-0.4, -0.2) is 37.6 Å². The Morgan fingerprint density at radius 1 is 1.54 bits per heavy atom. The molecular weight excluding hydrogens is 188 g/mol. The van der Waals surface area contributed by atoms with Gasteiger partial charge in [-0.05, 0) is 19.3 Å². The van der Waals surface area contributed by atoms with Crippen molar-refractivity contribution in [2.75, 3.05) is 18.8 Å². The summed E-state index contributed by atoms with van der Waals surface area (Å²) in [4.78, 5) is 0. The van der Waals surface area contributed by atoms with E-state index in [-0.39, 0.29) is 11.8 Å². The Morgan fingerprint density at radius 3 is 2.77 bits per heavy atom. The highest BCUT2D eigenvalue weighted by Gasteiger charge is 2.26. The number of hydrogen-bond donors (Lipinski definition) is 1. The lowest BCUT2D eigenvalue weighted by Gasteiger charge is -2.29. The van der Waals surface area contributed by atoms with Crippen LogP contribution in [-0.2, 0) is 10.0 Å². The summed E-state index contributed by atoms with van der Waals surface area (Å²) in [7, 11) is -3.01. The molecule has 2 N–H and O–H groups in total. The molecule has 13 heavy (non-hydrogen) atoms. The van der Waals surface area contributed by atoms with Gasteiger partial charge in [-0.25, -0.2) is 12.7 Å². The van der Waals surface area contributed by atoms with Crippen molar-refractivity contribution >= 4 is 10.0 Å². The van der Waals surface area contributed by atoms with Gasteiger partial charge in [-0.1, -0.05) is 6.92 Å². The molecule has 0 radical (unpaired) electrons. The topological polar surface area (TPSA) is 63.4 Å². The molecule has 1 saturated heterocycles. The largest absolute Gasteiger partial charge is 0.327 e. The minimum Gasteiger partial charge on any atom is -0.327 e. The van der Waals surface area contributed by atoms with Crippen molar-refractivity contribution in [1.29, 1.82) is 0 Å². The van der Waals surface area contributed by atoms with Gasteiger partial charge in [0.25, 0.3) is 0 Å². The average molecular weight is 206 g/mol. The van der Waals surface area contributed by atoms with Crippen molar-refractivity contribution in [3.8, 4) is 0 Å². The highest BCUT2D eigenvalue weighted by atomic mass is 32.2. The van der Waals surface area contributed by atoms with Crippen molar-refractivity contribution in [2.24, 2.45) is 5.73 Å². The normalized spacial score (nSPS) is 26.2. The number of sulfonamides is 1. The van der Waals surface area contributed by atoms with Gasteiger partial charge in [0.05, 0.1) is 5.75 Å². The fourth-order valence-corrected chi connectivity index (χ4v) is 3.21. The van der Waals surface area contributed by atoms with Crippen LogP contribution in [0.25, 0.3) is 0 Å². The summed E-state index contributed by atoms with van der Waals surface area (Å²) in [6.45, 7) is 3.03. The zero-order valence-corrected chi connectivity index (χ0v) is 8.89. The van der Waals surface area contributed by atoms with Crippen LogP contribution in [0.4, 0.5) is 0 Å². The first-order valence-electron chi connectivity index (χ1n) is 4.79. The highest BCUT2D eigenvalue weighted by molar-refractivity contribution is 7.89. The van der Waals surface area contributed by atoms with Gasteiger partial charge in [-0.3, -0.25) is 0 Å². The average Bonchev–Trinajstić information content (AvgIpc) is 2.04. The summed E-state index contributed by atoms with van der Waals surface area (Å²) in [5.74, 6) is 0.250. The summed E-state index contributed by atoms with van der Waals surface area (Å²) in [5.41, 5.74) is 5.71. The molecule has 0 amide bonds. The first-order valence-corrected chi connectivity index (χ1v) is 6.40. The van der Waals surface area contributed by atoms with Crippen LogP contribution in [0, 0.1) is 0 Å². The van der Waals surface area contributed by atoms with Gasteiger partial charge >= 0.3 is 0 Å². The molecule has 1 aliphatic heterocycles. The predicted octanol–water partition coefficient (Wildman–Crippen LogP) is 0.149. The molecule has 4 nitrogen and oxygen atoms in total. The molecule has 0 aromatic heterocycles. The number of hydrogen-bond acceptors (Lipinski definition) is 3. The summed E-state index contributed by atoms with van der Waals surface area (Å²) >= 11 is 0. The third-order valence-corrected chi connectivity index (χ3v) is 4.32. The van der Waals surface area contributed by atoms with Gasteiger partial charge in [0.1, 0.15) is 0 Å². The van der Waals surface area contributed by atoms with E-state index in [4.69, 9.17) is 5.73 Å². The van der Waals surface area contributed by atoms with E-state index in [1.165, 1.54) is 4.31 Å². The Balaban J connectivity index is 2.60. The molecule has 0 aliphatic carbocycles. The summed E-state index contributed by atoms with van der Waals surface area (Å²) in [6.07, 6.45) is 2.51. The standard InChI is InChI=1S/C8H18N2O2S/c1-2-6-13(11,12)10-5-3-4-8(9)7-10/h8H,2-7,9H2,1H3. The smallest absolute Gasteiger partial charge is 0.214 e. The molecule has 1 fully saturated rings. The molecule has 0 spiro atoms. The van der Waals surface area contributed by atoms with Gasteiger partial charge in [-0.15, -0.1) is 0 Å². The fourth-order valence-electron chi connectivity index (χ4n) is 1.61. The van der Waals surface area contributed by atoms with E-state index in [1.807, 2.05) is 6.92 Å². The van der Waals surface area contributed by atoms with Crippen LogP contribution in [0.2, 0.25) is 0 Å². The van der Waals surface area contributed by atoms with E-state index in [1.54, 1.807) is 0 Å². The number of rotatable bonds is 3. The maximum Gasteiger partial charge on any atom is 0.214 e. The van der Waals surface area contributed by atoms with Crippen LogP contribution in [0.1, 0.15) is 26.2 Å². The molecule has 78 valence electrons. The van der Waals surface area contributed by atoms with E-state index in [2.05, 4.69) is 0 Å². The first-order chi connectivity index (χ1) is 6.06. The Labute approximate surface area is 80.1 Å². The van der Waals surface area contributed by atoms with E-state index in [0.717, 1.165) is 12.8 Å². The summed E-state index contributed by atoms with van der Waals surface area (Å²) in [6, 6.07) is 0.0281. The lowest BCUT2D eigenvalue weighted by atomic mass is 10.1. The molecular formula is C8H18N2O2S. The zero-order chi connectivity index (χ0) is 9.90. The minimum atomic E-state index is -3.01. The monoisotopic (exact) mass is 206 g/mol. The van der Waals surface area contributed by atoms with E-state index in [0.29, 0.717) is 19.5 Å². The number of nitrogens with zero attached hydrogens (tertiary/aromatic N) is 1. The van der Waals surface area contributed by atoms with Crippen molar-refractivity contribution in [1.82, 2.24) is 4.31 Å². The SMILES string of the molecule is CCCS(=O)(=O)N1CCCC(N)C1. The lowest BCUT2D eigenvalue weighted by Crippen LogP contribution is -2.46. The maximum absolute atomic E-state index is 11.6. The molecule has 0 aromatic rings. The van der Waals surface area contributed by atoms with Crippen molar-refractivity contribution in [3.05, 3.63) is 0 Å². The van der Waals surface area contributed by atoms with E-state index >= 15 is 0 Å². The van der Waals surface area contributed by atoms with Gasteiger partial charge in [0.15, 0.2) is 0 Å². The first kappa shape index (κ1) is 10.9. The van der Waals surface area contributed by atoms with Crippen LogP contribution in [0.15, 0.2) is 0 Å². The molecule has 1 aliphatic rings. The quantitative estimate of drug-likeness (QED) is 0.715. The summed E-state index contributed by atoms with van der Waals surface area (Å²) < 4.78 is 24.7. The Hall–Kier alpha value is -0.130. The van der Waals surface area contributed by atoms with Gasteiger partial charge < -0.3 is 5.73 Å². The van der Waals surface area contributed by atoms with E-state index in [9.17, 15) is 8.42 Å². The number of nitrogens with two attached hydrogens (primary N) is 1. The van der Waals surface area contributed by atoms with Crippen LogP contribution in [0.3, 0.4) is 0 Å². The Bertz CT molecular complexity index is 251. The molecule has 0 aromatic carbocycles. The second-order valence-corrected chi connectivity index (χ2v) is 5.66. The van der Waals surface area contributed by atoms with Crippen LogP contribution in [0.5, 0.6) is 0 Å². The molecule has 1 heterocycles. The highest BCUT2D eigenvalue weighted by Crippen LogP contribution is 2.13. The van der Waals surface area contributed by atoms with Crippen molar-refractivity contribution in [3.63, 3.8) is 0 Å². The second-order valence-electron chi connectivity index (χ2n) is 3.58.